The lowest BCUT2D eigenvalue weighted by atomic mass is 10.0. The predicted molar refractivity (Wildman–Crippen MR) is 93.9 cm³/mol. The summed E-state index contributed by atoms with van der Waals surface area (Å²) in [5, 5.41) is 9.32. The number of hydrazone groups is 1. The zero-order chi connectivity index (χ0) is 16.3. The summed E-state index contributed by atoms with van der Waals surface area (Å²) in [6, 6.07) is 17.6. The second-order valence-electron chi connectivity index (χ2n) is 5.72. The molecular formula is C18H18ClN3O. The van der Waals surface area contributed by atoms with Crippen molar-refractivity contribution < 1.29 is 4.84 Å². The average molecular weight is 328 g/mol. The Morgan fingerprint density at radius 1 is 1.17 bits per heavy atom. The molecule has 2 aromatic rings. The monoisotopic (exact) mass is 327 g/mol. The number of halogens is 1. The van der Waals surface area contributed by atoms with Crippen LogP contribution in [-0.2, 0) is 4.84 Å². The van der Waals surface area contributed by atoms with Crippen LogP contribution < -0.4 is 5.43 Å². The molecule has 0 aromatic heterocycles. The Morgan fingerprint density at radius 3 is 2.57 bits per heavy atom. The lowest BCUT2D eigenvalue weighted by molar-refractivity contribution is -0.0298. The third kappa shape index (κ3) is 3.71. The third-order valence-corrected chi connectivity index (χ3v) is 3.94. The smallest absolute Gasteiger partial charge is 0.224 e. The number of benzene rings is 2. The van der Waals surface area contributed by atoms with E-state index in [1.54, 1.807) is 0 Å². The van der Waals surface area contributed by atoms with E-state index in [0.717, 1.165) is 22.6 Å². The summed E-state index contributed by atoms with van der Waals surface area (Å²) >= 11 is 5.92. The van der Waals surface area contributed by atoms with Gasteiger partial charge in [-0.1, -0.05) is 59.2 Å². The molecule has 2 aromatic carbocycles. The summed E-state index contributed by atoms with van der Waals surface area (Å²) < 4.78 is 0. The van der Waals surface area contributed by atoms with Gasteiger partial charge >= 0.3 is 0 Å². The molecule has 4 nitrogen and oxygen atoms in total. The molecule has 0 spiro atoms. The van der Waals surface area contributed by atoms with Crippen LogP contribution in [0.2, 0.25) is 5.02 Å². The molecule has 0 fully saturated rings. The normalized spacial score (nSPS) is 20.8. The molecule has 1 aliphatic heterocycles. The zero-order valence-electron chi connectivity index (χ0n) is 13.1. The highest BCUT2D eigenvalue weighted by molar-refractivity contribution is 6.30. The third-order valence-electron chi connectivity index (χ3n) is 3.69. The maximum Gasteiger partial charge on any atom is 0.224 e. The summed E-state index contributed by atoms with van der Waals surface area (Å²) in [6.45, 7) is 3.89. The van der Waals surface area contributed by atoms with Gasteiger partial charge in [-0.3, -0.25) is 5.43 Å². The first-order chi connectivity index (χ1) is 11.1. The Hall–Kier alpha value is -2.33. The molecular weight excluding hydrogens is 310 g/mol. The van der Waals surface area contributed by atoms with Crippen molar-refractivity contribution >= 4 is 23.0 Å². The van der Waals surface area contributed by atoms with Crippen LogP contribution >= 0.6 is 11.6 Å². The Kier molecular flexibility index (Phi) is 4.35. The molecule has 3 rings (SSSR count). The first kappa shape index (κ1) is 15.6. The van der Waals surface area contributed by atoms with Crippen LogP contribution in [0, 0.1) is 0 Å². The summed E-state index contributed by atoms with van der Waals surface area (Å²) in [4.78, 5) is 5.56. The minimum absolute atomic E-state index is 0.625. The average Bonchev–Trinajstić information content (AvgIpc) is 2.97. The molecule has 0 bridgehead atoms. The first-order valence-electron chi connectivity index (χ1n) is 7.44. The van der Waals surface area contributed by atoms with Crippen LogP contribution in [0.3, 0.4) is 0 Å². The maximum atomic E-state index is 5.92. The molecule has 0 aliphatic carbocycles. The van der Waals surface area contributed by atoms with E-state index in [-0.39, 0.29) is 0 Å². The minimum Gasteiger partial charge on any atom is -0.366 e. The van der Waals surface area contributed by atoms with Crippen molar-refractivity contribution in [2.24, 2.45) is 10.3 Å². The van der Waals surface area contributed by atoms with Crippen LogP contribution in [0.4, 0.5) is 0 Å². The number of hydrogen-bond acceptors (Lipinski definition) is 4. The molecule has 23 heavy (non-hydrogen) atoms. The fourth-order valence-electron chi connectivity index (χ4n) is 2.34. The molecule has 1 N–H and O–H groups in total. The fourth-order valence-corrected chi connectivity index (χ4v) is 2.47. The highest BCUT2D eigenvalue weighted by Crippen LogP contribution is 2.25. The van der Waals surface area contributed by atoms with Crippen molar-refractivity contribution in [3.63, 3.8) is 0 Å². The minimum atomic E-state index is -0.648. The highest BCUT2D eigenvalue weighted by atomic mass is 35.5. The Labute approximate surface area is 140 Å². The summed E-state index contributed by atoms with van der Waals surface area (Å²) in [6.07, 6.45) is 0.625. The van der Waals surface area contributed by atoms with Gasteiger partial charge in [0.05, 0.1) is 17.8 Å². The summed E-state index contributed by atoms with van der Waals surface area (Å²) in [7, 11) is 0. The van der Waals surface area contributed by atoms with Gasteiger partial charge in [-0.05, 0) is 37.1 Å². The van der Waals surface area contributed by atoms with Crippen LogP contribution in [0.15, 0.2) is 64.9 Å². The van der Waals surface area contributed by atoms with E-state index in [4.69, 9.17) is 16.4 Å². The van der Waals surface area contributed by atoms with E-state index in [9.17, 15) is 0 Å². The van der Waals surface area contributed by atoms with Gasteiger partial charge in [0.2, 0.25) is 5.72 Å². The SMILES string of the molecule is C/C(=N/NC1(C)CC(c2ccc(Cl)cc2)=NO1)c1ccccc1. The molecule has 5 heteroatoms. The maximum absolute atomic E-state index is 5.92. The largest absolute Gasteiger partial charge is 0.366 e. The van der Waals surface area contributed by atoms with Gasteiger partial charge in [-0.15, -0.1) is 0 Å². The molecule has 0 radical (unpaired) electrons. The number of nitrogens with zero attached hydrogens (tertiary/aromatic N) is 2. The molecule has 118 valence electrons. The summed E-state index contributed by atoms with van der Waals surface area (Å²) in [5.74, 6) is 0. The van der Waals surface area contributed by atoms with Crippen molar-refractivity contribution in [2.75, 3.05) is 0 Å². The van der Waals surface area contributed by atoms with E-state index in [0.29, 0.717) is 11.4 Å². The van der Waals surface area contributed by atoms with Gasteiger partial charge in [-0.25, -0.2) is 0 Å². The first-order valence-corrected chi connectivity index (χ1v) is 7.81. The van der Waals surface area contributed by atoms with E-state index in [1.165, 1.54) is 0 Å². The lowest BCUT2D eigenvalue weighted by Gasteiger charge is -2.21. The second-order valence-corrected chi connectivity index (χ2v) is 6.16. The van der Waals surface area contributed by atoms with Crippen molar-refractivity contribution in [2.45, 2.75) is 26.0 Å². The lowest BCUT2D eigenvalue weighted by Crippen LogP contribution is -2.39. The number of rotatable bonds is 4. The van der Waals surface area contributed by atoms with Crippen molar-refractivity contribution in [3.8, 4) is 0 Å². The quantitative estimate of drug-likeness (QED) is 0.676. The number of nitrogens with one attached hydrogen (secondary N) is 1. The standard InChI is InChI=1S/C18H18ClN3O/c1-13(14-6-4-3-5-7-14)20-22-18(2)12-17(21-23-18)15-8-10-16(19)11-9-15/h3-11,22H,12H2,1-2H3/b20-13-. The zero-order valence-corrected chi connectivity index (χ0v) is 13.8. The van der Waals surface area contributed by atoms with E-state index >= 15 is 0 Å². The van der Waals surface area contributed by atoms with Gasteiger partial charge in [0.15, 0.2) is 0 Å². The summed E-state index contributed by atoms with van der Waals surface area (Å²) in [5.41, 5.74) is 6.30. The van der Waals surface area contributed by atoms with Gasteiger partial charge in [0.25, 0.3) is 0 Å². The van der Waals surface area contributed by atoms with Gasteiger partial charge < -0.3 is 4.84 Å². The van der Waals surface area contributed by atoms with E-state index < -0.39 is 5.72 Å². The topological polar surface area (TPSA) is 46.0 Å². The fraction of sp³-hybridized carbons (Fsp3) is 0.222. The van der Waals surface area contributed by atoms with Gasteiger partial charge in [0.1, 0.15) is 0 Å². The van der Waals surface area contributed by atoms with Crippen LogP contribution in [0.5, 0.6) is 0 Å². The molecule has 1 atom stereocenters. The number of oxime groups is 1. The Morgan fingerprint density at radius 2 is 1.87 bits per heavy atom. The van der Waals surface area contributed by atoms with Gasteiger partial charge in [-0.2, -0.15) is 5.10 Å². The van der Waals surface area contributed by atoms with Gasteiger partial charge in [0, 0.05) is 5.02 Å². The molecule has 1 aliphatic rings. The number of hydrogen-bond donors (Lipinski definition) is 1. The van der Waals surface area contributed by atoms with Crippen LogP contribution in [0.1, 0.15) is 31.4 Å². The van der Waals surface area contributed by atoms with Crippen molar-refractivity contribution in [1.82, 2.24) is 5.43 Å². The highest BCUT2D eigenvalue weighted by Gasteiger charge is 2.34. The molecule has 0 saturated heterocycles. The van der Waals surface area contributed by atoms with Crippen LogP contribution in [-0.4, -0.2) is 17.1 Å². The molecule has 1 unspecified atom stereocenters. The second kappa shape index (κ2) is 6.42. The Bertz CT molecular complexity index is 741. The van der Waals surface area contributed by atoms with E-state index in [1.807, 2.05) is 68.4 Å². The predicted octanol–water partition coefficient (Wildman–Crippen LogP) is 4.19. The molecule has 1 heterocycles. The molecule has 0 amide bonds. The van der Waals surface area contributed by atoms with Crippen LogP contribution in [0.25, 0.3) is 0 Å². The van der Waals surface area contributed by atoms with Crippen molar-refractivity contribution in [1.29, 1.82) is 0 Å². The van der Waals surface area contributed by atoms with E-state index in [2.05, 4.69) is 15.7 Å². The van der Waals surface area contributed by atoms with Crippen molar-refractivity contribution in [3.05, 3.63) is 70.7 Å². The molecule has 0 saturated carbocycles. The Balaban J connectivity index is 1.67.